The molecular formula is C15H27NO3. The fourth-order valence-corrected chi connectivity index (χ4v) is 3.17. The number of hydrogen-bond donors (Lipinski definition) is 1. The van der Waals surface area contributed by atoms with Crippen molar-refractivity contribution in [2.24, 2.45) is 5.92 Å². The SMILES string of the molecule is CCOC(=O)C1CCCC(NCCC2CCCO2)C1. The lowest BCUT2D eigenvalue weighted by Crippen LogP contribution is -2.38. The maximum absolute atomic E-state index is 11.8. The normalized spacial score (nSPS) is 31.3. The first-order valence-corrected chi connectivity index (χ1v) is 7.81. The quantitative estimate of drug-likeness (QED) is 0.751. The van der Waals surface area contributed by atoms with E-state index < -0.39 is 0 Å². The van der Waals surface area contributed by atoms with Crippen molar-refractivity contribution in [1.29, 1.82) is 0 Å². The average Bonchev–Trinajstić information content (AvgIpc) is 2.93. The van der Waals surface area contributed by atoms with E-state index in [0.717, 1.165) is 38.8 Å². The van der Waals surface area contributed by atoms with E-state index >= 15 is 0 Å². The largest absolute Gasteiger partial charge is 0.466 e. The third-order valence-electron chi connectivity index (χ3n) is 4.22. The second kappa shape index (κ2) is 7.85. The summed E-state index contributed by atoms with van der Waals surface area (Å²) in [6, 6.07) is 0.476. The Morgan fingerprint density at radius 2 is 2.21 bits per heavy atom. The number of rotatable bonds is 6. The molecule has 19 heavy (non-hydrogen) atoms. The van der Waals surface area contributed by atoms with Gasteiger partial charge in [-0.25, -0.2) is 0 Å². The van der Waals surface area contributed by atoms with Crippen LogP contribution in [0.15, 0.2) is 0 Å². The van der Waals surface area contributed by atoms with Gasteiger partial charge >= 0.3 is 5.97 Å². The lowest BCUT2D eigenvalue weighted by atomic mass is 9.85. The van der Waals surface area contributed by atoms with Crippen LogP contribution < -0.4 is 5.32 Å². The zero-order valence-electron chi connectivity index (χ0n) is 12.0. The zero-order valence-corrected chi connectivity index (χ0v) is 12.0. The van der Waals surface area contributed by atoms with E-state index in [-0.39, 0.29) is 11.9 Å². The molecule has 1 aliphatic carbocycles. The first-order valence-electron chi connectivity index (χ1n) is 7.81. The summed E-state index contributed by atoms with van der Waals surface area (Å²) in [4.78, 5) is 11.8. The highest BCUT2D eigenvalue weighted by Crippen LogP contribution is 2.25. The number of nitrogens with one attached hydrogen (secondary N) is 1. The Morgan fingerprint density at radius 3 is 2.95 bits per heavy atom. The van der Waals surface area contributed by atoms with Crippen LogP contribution in [0.4, 0.5) is 0 Å². The van der Waals surface area contributed by atoms with Crippen molar-refractivity contribution < 1.29 is 14.3 Å². The van der Waals surface area contributed by atoms with Gasteiger partial charge in [0.1, 0.15) is 0 Å². The Labute approximate surface area is 116 Å². The summed E-state index contributed by atoms with van der Waals surface area (Å²) < 4.78 is 10.7. The summed E-state index contributed by atoms with van der Waals surface area (Å²) in [6.07, 6.45) is 8.20. The summed E-state index contributed by atoms with van der Waals surface area (Å²) in [5.41, 5.74) is 0. The molecule has 4 heteroatoms. The summed E-state index contributed by atoms with van der Waals surface area (Å²) in [5.74, 6) is 0.0991. The topological polar surface area (TPSA) is 47.6 Å². The molecule has 0 bridgehead atoms. The molecule has 1 saturated heterocycles. The highest BCUT2D eigenvalue weighted by Gasteiger charge is 2.28. The van der Waals surface area contributed by atoms with Gasteiger partial charge in [0.15, 0.2) is 0 Å². The minimum Gasteiger partial charge on any atom is -0.466 e. The van der Waals surface area contributed by atoms with Gasteiger partial charge in [-0.05, 0) is 52.0 Å². The summed E-state index contributed by atoms with van der Waals surface area (Å²) >= 11 is 0. The van der Waals surface area contributed by atoms with Crippen LogP contribution in [-0.4, -0.2) is 37.9 Å². The fraction of sp³-hybridized carbons (Fsp3) is 0.933. The highest BCUT2D eigenvalue weighted by atomic mass is 16.5. The molecule has 1 aliphatic heterocycles. The molecule has 0 aromatic carbocycles. The Hall–Kier alpha value is -0.610. The molecule has 2 fully saturated rings. The zero-order chi connectivity index (χ0) is 13.5. The third kappa shape index (κ3) is 4.77. The number of hydrogen-bond acceptors (Lipinski definition) is 4. The summed E-state index contributed by atoms with van der Waals surface area (Å²) in [5, 5.41) is 3.59. The second-order valence-corrected chi connectivity index (χ2v) is 5.69. The first kappa shape index (κ1) is 14.8. The van der Waals surface area contributed by atoms with E-state index in [4.69, 9.17) is 9.47 Å². The molecule has 1 saturated carbocycles. The van der Waals surface area contributed by atoms with Gasteiger partial charge in [-0.3, -0.25) is 4.79 Å². The van der Waals surface area contributed by atoms with Gasteiger partial charge in [-0.15, -0.1) is 0 Å². The van der Waals surface area contributed by atoms with Gasteiger partial charge in [0.25, 0.3) is 0 Å². The molecule has 0 amide bonds. The van der Waals surface area contributed by atoms with Crippen LogP contribution in [0.5, 0.6) is 0 Å². The van der Waals surface area contributed by atoms with Crippen molar-refractivity contribution in [3.63, 3.8) is 0 Å². The van der Waals surface area contributed by atoms with Crippen LogP contribution in [0.1, 0.15) is 51.9 Å². The van der Waals surface area contributed by atoms with Crippen LogP contribution in [0.2, 0.25) is 0 Å². The average molecular weight is 269 g/mol. The predicted molar refractivity (Wildman–Crippen MR) is 74.0 cm³/mol. The summed E-state index contributed by atoms with van der Waals surface area (Å²) in [7, 11) is 0. The van der Waals surface area contributed by atoms with Crippen LogP contribution in [-0.2, 0) is 14.3 Å². The molecule has 110 valence electrons. The van der Waals surface area contributed by atoms with E-state index in [1.165, 1.54) is 19.3 Å². The minimum atomic E-state index is -0.00636. The van der Waals surface area contributed by atoms with E-state index in [0.29, 0.717) is 18.8 Å². The van der Waals surface area contributed by atoms with Crippen LogP contribution >= 0.6 is 0 Å². The van der Waals surface area contributed by atoms with Gasteiger partial charge in [0, 0.05) is 12.6 Å². The van der Waals surface area contributed by atoms with Gasteiger partial charge in [-0.2, -0.15) is 0 Å². The molecule has 2 rings (SSSR count). The molecule has 1 heterocycles. The number of esters is 1. The Bertz CT molecular complexity index is 277. The van der Waals surface area contributed by atoms with Crippen molar-refractivity contribution in [3.8, 4) is 0 Å². The Kier molecular flexibility index (Phi) is 6.11. The molecule has 0 spiro atoms. The standard InChI is InChI=1S/C15H27NO3/c1-2-18-15(17)12-5-3-6-13(11-12)16-9-8-14-7-4-10-19-14/h12-14,16H,2-11H2,1H3. The number of ether oxygens (including phenoxy) is 2. The monoisotopic (exact) mass is 269 g/mol. The Balaban J connectivity index is 1.64. The molecule has 3 atom stereocenters. The molecular weight excluding hydrogens is 242 g/mol. The first-order chi connectivity index (χ1) is 9.29. The Morgan fingerprint density at radius 1 is 1.32 bits per heavy atom. The maximum atomic E-state index is 11.8. The van der Waals surface area contributed by atoms with Crippen molar-refractivity contribution >= 4 is 5.97 Å². The van der Waals surface area contributed by atoms with E-state index in [9.17, 15) is 4.79 Å². The van der Waals surface area contributed by atoms with E-state index in [2.05, 4.69) is 5.32 Å². The van der Waals surface area contributed by atoms with Gasteiger partial charge in [-0.1, -0.05) is 6.42 Å². The number of carbonyl (C=O) groups is 1. The third-order valence-corrected chi connectivity index (χ3v) is 4.22. The van der Waals surface area contributed by atoms with Crippen LogP contribution in [0, 0.1) is 5.92 Å². The maximum Gasteiger partial charge on any atom is 0.308 e. The van der Waals surface area contributed by atoms with E-state index in [1.54, 1.807) is 0 Å². The van der Waals surface area contributed by atoms with Gasteiger partial charge in [0.2, 0.25) is 0 Å². The van der Waals surface area contributed by atoms with Crippen molar-refractivity contribution in [3.05, 3.63) is 0 Å². The fourth-order valence-electron chi connectivity index (χ4n) is 3.17. The van der Waals surface area contributed by atoms with E-state index in [1.807, 2.05) is 6.92 Å². The molecule has 3 unspecified atom stereocenters. The van der Waals surface area contributed by atoms with Crippen molar-refractivity contribution in [2.75, 3.05) is 19.8 Å². The second-order valence-electron chi connectivity index (χ2n) is 5.69. The predicted octanol–water partition coefficient (Wildman–Crippen LogP) is 2.27. The smallest absolute Gasteiger partial charge is 0.308 e. The van der Waals surface area contributed by atoms with Gasteiger partial charge in [0.05, 0.1) is 18.6 Å². The highest BCUT2D eigenvalue weighted by molar-refractivity contribution is 5.72. The van der Waals surface area contributed by atoms with Crippen LogP contribution in [0.3, 0.4) is 0 Å². The van der Waals surface area contributed by atoms with Gasteiger partial charge < -0.3 is 14.8 Å². The molecule has 1 N–H and O–H groups in total. The molecule has 2 aliphatic rings. The number of carbonyl (C=O) groups excluding carboxylic acids is 1. The minimum absolute atomic E-state index is 0.00636. The molecule has 0 radical (unpaired) electrons. The lowest BCUT2D eigenvalue weighted by Gasteiger charge is -2.28. The molecule has 0 aromatic heterocycles. The molecule has 0 aromatic rings. The van der Waals surface area contributed by atoms with Crippen molar-refractivity contribution in [1.82, 2.24) is 5.32 Å². The molecule has 4 nitrogen and oxygen atoms in total. The summed E-state index contributed by atoms with van der Waals surface area (Å²) in [6.45, 7) is 4.30. The van der Waals surface area contributed by atoms with Crippen LogP contribution in [0.25, 0.3) is 0 Å². The van der Waals surface area contributed by atoms with Crippen molar-refractivity contribution in [2.45, 2.75) is 64.0 Å². The lowest BCUT2D eigenvalue weighted by molar-refractivity contribution is -0.149.